The standard InChI is InChI=1S/C22H22F2N2O3S/c1-10-11(2)18-14(12(3)17(10)27)7-8-22(4,29-18)21(28)25-13-5-6-15-16(9-13)30-20(26-15)19(23)24/h5-6,9,19,27H,7-8H2,1-4H3,(H,25,28). The molecule has 0 bridgehead atoms. The lowest BCUT2D eigenvalue weighted by atomic mass is 9.86. The Kier molecular flexibility index (Phi) is 4.92. The normalized spacial score (nSPS) is 18.4. The number of carbonyl (C=O) groups is 1. The molecule has 1 unspecified atom stereocenters. The van der Waals surface area contributed by atoms with E-state index in [0.717, 1.165) is 33.6 Å². The minimum atomic E-state index is -2.62. The highest BCUT2D eigenvalue weighted by Crippen LogP contribution is 2.43. The summed E-state index contributed by atoms with van der Waals surface area (Å²) in [5, 5.41) is 12.9. The van der Waals surface area contributed by atoms with Gasteiger partial charge in [-0.25, -0.2) is 13.8 Å². The van der Waals surface area contributed by atoms with Crippen LogP contribution in [-0.2, 0) is 11.2 Å². The van der Waals surface area contributed by atoms with Gasteiger partial charge in [0, 0.05) is 17.7 Å². The second-order valence-electron chi connectivity index (χ2n) is 7.85. The van der Waals surface area contributed by atoms with E-state index in [1.54, 1.807) is 25.1 Å². The minimum Gasteiger partial charge on any atom is -0.507 e. The van der Waals surface area contributed by atoms with Gasteiger partial charge in [-0.05, 0) is 69.0 Å². The number of benzene rings is 2. The third kappa shape index (κ3) is 3.29. The lowest BCUT2D eigenvalue weighted by Crippen LogP contribution is -2.48. The third-order valence-electron chi connectivity index (χ3n) is 5.85. The van der Waals surface area contributed by atoms with Gasteiger partial charge in [-0.2, -0.15) is 0 Å². The Morgan fingerprint density at radius 1 is 1.27 bits per heavy atom. The summed E-state index contributed by atoms with van der Waals surface area (Å²) in [4.78, 5) is 17.0. The molecule has 1 amide bonds. The number of hydrogen-bond donors (Lipinski definition) is 2. The number of amides is 1. The molecule has 30 heavy (non-hydrogen) atoms. The van der Waals surface area contributed by atoms with Crippen LogP contribution in [0.4, 0.5) is 14.5 Å². The summed E-state index contributed by atoms with van der Waals surface area (Å²) in [6, 6.07) is 4.91. The number of carbonyl (C=O) groups excluding carboxylic acids is 1. The maximum atomic E-state index is 13.1. The van der Waals surface area contributed by atoms with Crippen LogP contribution < -0.4 is 10.1 Å². The molecule has 2 N–H and O–H groups in total. The van der Waals surface area contributed by atoms with Gasteiger partial charge in [0.25, 0.3) is 12.3 Å². The molecule has 158 valence electrons. The van der Waals surface area contributed by atoms with Crippen molar-refractivity contribution in [2.24, 2.45) is 0 Å². The number of nitrogens with zero attached hydrogens (tertiary/aromatic N) is 1. The molecule has 1 atom stereocenters. The average Bonchev–Trinajstić information content (AvgIpc) is 3.14. The Morgan fingerprint density at radius 3 is 2.70 bits per heavy atom. The van der Waals surface area contributed by atoms with Crippen molar-refractivity contribution in [2.75, 3.05) is 5.32 Å². The van der Waals surface area contributed by atoms with Crippen molar-refractivity contribution in [1.82, 2.24) is 4.98 Å². The average molecular weight is 432 g/mol. The number of rotatable bonds is 3. The van der Waals surface area contributed by atoms with E-state index in [9.17, 15) is 18.7 Å². The molecule has 1 aliphatic heterocycles. The second kappa shape index (κ2) is 7.19. The molecule has 5 nitrogen and oxygen atoms in total. The maximum Gasteiger partial charge on any atom is 0.289 e. The van der Waals surface area contributed by atoms with Crippen LogP contribution in [0.15, 0.2) is 18.2 Å². The highest BCUT2D eigenvalue weighted by atomic mass is 32.1. The summed E-state index contributed by atoms with van der Waals surface area (Å²) in [6.45, 7) is 7.29. The van der Waals surface area contributed by atoms with E-state index in [1.165, 1.54) is 0 Å². The minimum absolute atomic E-state index is 0.239. The maximum absolute atomic E-state index is 13.1. The number of anilines is 1. The number of alkyl halides is 2. The fraction of sp³-hybridized carbons (Fsp3) is 0.364. The fourth-order valence-electron chi connectivity index (χ4n) is 3.78. The zero-order chi connectivity index (χ0) is 21.8. The number of ether oxygens (including phenoxy) is 1. The molecule has 0 fully saturated rings. The molecule has 0 radical (unpaired) electrons. The molecule has 8 heteroatoms. The number of thiazole rings is 1. The fourth-order valence-corrected chi connectivity index (χ4v) is 4.65. The molecule has 4 rings (SSSR count). The van der Waals surface area contributed by atoms with E-state index in [1.807, 2.05) is 20.8 Å². The first-order chi connectivity index (χ1) is 14.1. The molecule has 0 spiro atoms. The van der Waals surface area contributed by atoms with E-state index in [-0.39, 0.29) is 16.7 Å². The lowest BCUT2D eigenvalue weighted by molar-refractivity contribution is -0.131. The van der Waals surface area contributed by atoms with Gasteiger partial charge < -0.3 is 15.2 Å². The number of hydrogen-bond acceptors (Lipinski definition) is 5. The number of aromatic nitrogens is 1. The van der Waals surface area contributed by atoms with Crippen LogP contribution >= 0.6 is 11.3 Å². The summed E-state index contributed by atoms with van der Waals surface area (Å²) in [6.07, 6.45) is -1.57. The van der Waals surface area contributed by atoms with E-state index in [0.29, 0.717) is 34.5 Å². The van der Waals surface area contributed by atoms with Crippen LogP contribution in [0.3, 0.4) is 0 Å². The highest BCUT2D eigenvalue weighted by Gasteiger charge is 2.41. The molecule has 0 saturated heterocycles. The number of halogens is 2. The Labute approximate surface area is 176 Å². The van der Waals surface area contributed by atoms with E-state index in [4.69, 9.17) is 4.74 Å². The highest BCUT2D eigenvalue weighted by molar-refractivity contribution is 7.18. The number of nitrogens with one attached hydrogen (secondary N) is 1. The predicted molar refractivity (Wildman–Crippen MR) is 113 cm³/mol. The van der Waals surface area contributed by atoms with Crippen molar-refractivity contribution in [3.05, 3.63) is 45.5 Å². The largest absolute Gasteiger partial charge is 0.507 e. The van der Waals surface area contributed by atoms with Crippen molar-refractivity contribution in [1.29, 1.82) is 0 Å². The van der Waals surface area contributed by atoms with Gasteiger partial charge in [-0.1, -0.05) is 0 Å². The van der Waals surface area contributed by atoms with Crippen LogP contribution in [-0.4, -0.2) is 21.6 Å². The first kappa shape index (κ1) is 20.5. The Hall–Kier alpha value is -2.74. The zero-order valence-corrected chi connectivity index (χ0v) is 17.9. The Morgan fingerprint density at radius 2 is 2.00 bits per heavy atom. The topological polar surface area (TPSA) is 71.5 Å². The SMILES string of the molecule is Cc1c(C)c2c(c(C)c1O)CCC(C)(C(=O)Nc1ccc3nc(C(F)F)sc3c1)O2. The van der Waals surface area contributed by atoms with Crippen molar-refractivity contribution in [2.45, 2.75) is 52.6 Å². The smallest absolute Gasteiger partial charge is 0.289 e. The van der Waals surface area contributed by atoms with Gasteiger partial charge in [0.2, 0.25) is 0 Å². The van der Waals surface area contributed by atoms with Gasteiger partial charge in [0.15, 0.2) is 10.6 Å². The van der Waals surface area contributed by atoms with Gasteiger partial charge >= 0.3 is 0 Å². The van der Waals surface area contributed by atoms with Gasteiger partial charge in [0.05, 0.1) is 10.2 Å². The van der Waals surface area contributed by atoms with E-state index >= 15 is 0 Å². The van der Waals surface area contributed by atoms with Crippen LogP contribution in [0.5, 0.6) is 11.5 Å². The molecule has 2 heterocycles. The monoisotopic (exact) mass is 432 g/mol. The molecule has 0 saturated carbocycles. The van der Waals surface area contributed by atoms with Gasteiger partial charge in [-0.3, -0.25) is 4.79 Å². The van der Waals surface area contributed by atoms with Crippen LogP contribution in [0.1, 0.15) is 47.0 Å². The zero-order valence-electron chi connectivity index (χ0n) is 17.1. The quantitative estimate of drug-likeness (QED) is 0.566. The summed E-state index contributed by atoms with van der Waals surface area (Å²) in [5.41, 5.74) is 3.14. The molecular weight excluding hydrogens is 410 g/mol. The lowest BCUT2D eigenvalue weighted by Gasteiger charge is -2.36. The Bertz CT molecular complexity index is 1180. The first-order valence-electron chi connectivity index (χ1n) is 9.61. The van der Waals surface area contributed by atoms with Crippen LogP contribution in [0, 0.1) is 20.8 Å². The molecule has 0 aliphatic carbocycles. The number of phenolic OH excluding ortho intramolecular Hbond substituents is 1. The molecule has 1 aromatic heterocycles. The van der Waals surface area contributed by atoms with Crippen molar-refractivity contribution in [3.63, 3.8) is 0 Å². The number of fused-ring (bicyclic) bond motifs is 2. The van der Waals surface area contributed by atoms with E-state index in [2.05, 4.69) is 10.3 Å². The van der Waals surface area contributed by atoms with Gasteiger partial charge in [-0.15, -0.1) is 11.3 Å². The van der Waals surface area contributed by atoms with Crippen LogP contribution in [0.2, 0.25) is 0 Å². The van der Waals surface area contributed by atoms with Crippen molar-refractivity contribution >= 4 is 33.1 Å². The van der Waals surface area contributed by atoms with Crippen molar-refractivity contribution < 1.29 is 23.4 Å². The van der Waals surface area contributed by atoms with Crippen LogP contribution in [0.25, 0.3) is 10.2 Å². The predicted octanol–water partition coefficient (Wildman–Crippen LogP) is 5.59. The molecular formula is C22H22F2N2O3S. The molecule has 2 aromatic carbocycles. The second-order valence-corrected chi connectivity index (χ2v) is 8.92. The van der Waals surface area contributed by atoms with E-state index < -0.39 is 12.0 Å². The summed E-state index contributed by atoms with van der Waals surface area (Å²) in [5.74, 6) is 0.601. The summed E-state index contributed by atoms with van der Waals surface area (Å²) >= 11 is 0.911. The Balaban J connectivity index is 1.60. The van der Waals surface area contributed by atoms with Crippen molar-refractivity contribution in [3.8, 4) is 11.5 Å². The number of aromatic hydroxyl groups is 1. The molecule has 1 aliphatic rings. The first-order valence-corrected chi connectivity index (χ1v) is 10.4. The summed E-state index contributed by atoms with van der Waals surface area (Å²) in [7, 11) is 0. The number of phenols is 1. The summed E-state index contributed by atoms with van der Waals surface area (Å²) < 4.78 is 32.6. The molecule has 3 aromatic rings. The third-order valence-corrected chi connectivity index (χ3v) is 6.87. The van der Waals surface area contributed by atoms with Gasteiger partial charge in [0.1, 0.15) is 11.5 Å².